The molecule has 1 aromatic heterocycles. The summed E-state index contributed by atoms with van der Waals surface area (Å²) in [6.45, 7) is 6.71. The summed E-state index contributed by atoms with van der Waals surface area (Å²) in [4.78, 5) is 17.9. The van der Waals surface area contributed by atoms with Crippen molar-refractivity contribution in [2.45, 2.75) is 45.3 Å². The highest BCUT2D eigenvalue weighted by Crippen LogP contribution is 2.26. The van der Waals surface area contributed by atoms with Gasteiger partial charge >= 0.3 is 6.09 Å². The van der Waals surface area contributed by atoms with Crippen LogP contribution >= 0.6 is 27.5 Å². The Morgan fingerprint density at radius 2 is 2.27 bits per heavy atom. The van der Waals surface area contributed by atoms with Crippen LogP contribution in [0.3, 0.4) is 0 Å². The molecule has 1 atom stereocenters. The Bertz CT molecular complexity index is 548. The van der Waals surface area contributed by atoms with Crippen LogP contribution in [0.4, 0.5) is 4.79 Å². The van der Waals surface area contributed by atoms with Gasteiger partial charge in [-0.1, -0.05) is 11.6 Å². The number of nitrogens with zero attached hydrogens (tertiary/aromatic N) is 2. The average molecular weight is 392 g/mol. The zero-order valence-electron chi connectivity index (χ0n) is 12.9. The lowest BCUT2D eigenvalue weighted by Crippen LogP contribution is -2.42. The summed E-state index contributed by atoms with van der Waals surface area (Å²) >= 11 is 9.16. The molecule has 0 spiro atoms. The lowest BCUT2D eigenvalue weighted by atomic mass is 10.2. The van der Waals surface area contributed by atoms with Crippen LogP contribution in [0, 0.1) is 0 Å². The van der Waals surface area contributed by atoms with Gasteiger partial charge < -0.3 is 14.4 Å². The summed E-state index contributed by atoms with van der Waals surface area (Å²) in [6.07, 6.45) is 3.14. The molecule has 1 fully saturated rings. The molecule has 122 valence electrons. The van der Waals surface area contributed by atoms with E-state index in [4.69, 9.17) is 21.1 Å². The van der Waals surface area contributed by atoms with Gasteiger partial charge in [0.1, 0.15) is 23.1 Å². The van der Waals surface area contributed by atoms with Crippen molar-refractivity contribution in [3.05, 3.63) is 21.9 Å². The van der Waals surface area contributed by atoms with E-state index in [9.17, 15) is 4.79 Å². The van der Waals surface area contributed by atoms with Gasteiger partial charge in [-0.05, 0) is 55.6 Å². The highest BCUT2D eigenvalue weighted by molar-refractivity contribution is 9.10. The van der Waals surface area contributed by atoms with Crippen molar-refractivity contribution in [3.8, 4) is 5.75 Å². The molecular formula is C15H20BrClN2O3. The molecule has 2 rings (SSSR count). The number of amides is 1. The highest BCUT2D eigenvalue weighted by Gasteiger charge is 2.32. The maximum atomic E-state index is 12.2. The second kappa shape index (κ2) is 7.04. The normalized spacial score (nSPS) is 18.4. The van der Waals surface area contributed by atoms with E-state index in [-0.39, 0.29) is 12.1 Å². The predicted molar refractivity (Wildman–Crippen MR) is 88.4 cm³/mol. The van der Waals surface area contributed by atoms with E-state index in [1.807, 2.05) is 20.8 Å². The molecule has 1 amide bonds. The Morgan fingerprint density at radius 3 is 2.91 bits per heavy atom. The second-order valence-electron chi connectivity index (χ2n) is 6.22. The van der Waals surface area contributed by atoms with Crippen molar-refractivity contribution >= 4 is 33.6 Å². The molecule has 1 aromatic rings. The van der Waals surface area contributed by atoms with Gasteiger partial charge in [-0.3, -0.25) is 0 Å². The first kappa shape index (κ1) is 17.3. The van der Waals surface area contributed by atoms with Crippen LogP contribution in [0.25, 0.3) is 0 Å². The minimum atomic E-state index is -0.490. The number of rotatable bonds is 3. The number of carbonyl (C=O) groups is 1. The molecule has 5 nitrogen and oxygen atoms in total. The third-order valence-electron chi connectivity index (χ3n) is 3.22. The fraction of sp³-hybridized carbons (Fsp3) is 0.600. The summed E-state index contributed by atoms with van der Waals surface area (Å²) in [7, 11) is 0. The van der Waals surface area contributed by atoms with Gasteiger partial charge in [0.15, 0.2) is 0 Å². The molecule has 1 aliphatic heterocycles. The largest absolute Gasteiger partial charge is 0.490 e. The van der Waals surface area contributed by atoms with Crippen LogP contribution in [0.15, 0.2) is 16.7 Å². The van der Waals surface area contributed by atoms with E-state index in [2.05, 4.69) is 20.9 Å². The van der Waals surface area contributed by atoms with Gasteiger partial charge in [0, 0.05) is 6.54 Å². The van der Waals surface area contributed by atoms with Crippen molar-refractivity contribution in [2.75, 3.05) is 13.2 Å². The molecule has 0 aliphatic carbocycles. The molecule has 2 heterocycles. The summed E-state index contributed by atoms with van der Waals surface area (Å²) < 4.78 is 11.9. The van der Waals surface area contributed by atoms with Gasteiger partial charge in [-0.25, -0.2) is 9.78 Å². The van der Waals surface area contributed by atoms with E-state index in [0.717, 1.165) is 12.8 Å². The monoisotopic (exact) mass is 390 g/mol. The number of aromatic nitrogens is 1. The summed E-state index contributed by atoms with van der Waals surface area (Å²) in [5.74, 6) is 0.618. The van der Waals surface area contributed by atoms with Crippen LogP contribution in [-0.2, 0) is 4.74 Å². The lowest BCUT2D eigenvalue weighted by Gasteiger charge is -2.28. The third-order valence-corrected chi connectivity index (χ3v) is 4.35. The smallest absolute Gasteiger partial charge is 0.410 e. The quantitative estimate of drug-likeness (QED) is 0.722. The van der Waals surface area contributed by atoms with Gasteiger partial charge in [-0.15, -0.1) is 0 Å². The first-order valence-corrected chi connectivity index (χ1v) is 8.37. The van der Waals surface area contributed by atoms with Crippen molar-refractivity contribution in [2.24, 2.45) is 0 Å². The Kier molecular flexibility index (Phi) is 5.55. The minimum absolute atomic E-state index is 0.0179. The van der Waals surface area contributed by atoms with Crippen LogP contribution in [-0.4, -0.2) is 40.8 Å². The van der Waals surface area contributed by atoms with Gasteiger partial charge in [0.25, 0.3) is 0 Å². The van der Waals surface area contributed by atoms with E-state index >= 15 is 0 Å². The molecular weight excluding hydrogens is 372 g/mol. The van der Waals surface area contributed by atoms with Crippen molar-refractivity contribution in [1.82, 2.24) is 9.88 Å². The van der Waals surface area contributed by atoms with Crippen molar-refractivity contribution < 1.29 is 14.3 Å². The molecule has 0 radical (unpaired) electrons. The van der Waals surface area contributed by atoms with E-state index < -0.39 is 5.60 Å². The van der Waals surface area contributed by atoms with Gasteiger partial charge in [0.05, 0.1) is 16.7 Å². The number of hydrogen-bond donors (Lipinski definition) is 0. The van der Waals surface area contributed by atoms with Crippen LogP contribution in [0.5, 0.6) is 5.75 Å². The maximum absolute atomic E-state index is 12.2. The lowest BCUT2D eigenvalue weighted by molar-refractivity contribution is 0.0187. The fourth-order valence-electron chi connectivity index (χ4n) is 2.24. The SMILES string of the molecule is CC(C)(C)OC(=O)N1CCC[C@@H]1COc1cnc(Cl)c(Br)c1. The average Bonchev–Trinajstić information content (AvgIpc) is 2.87. The number of hydrogen-bond acceptors (Lipinski definition) is 4. The zero-order valence-corrected chi connectivity index (χ0v) is 15.3. The molecule has 1 saturated heterocycles. The Hall–Kier alpha value is -1.01. The van der Waals surface area contributed by atoms with Gasteiger partial charge in [-0.2, -0.15) is 0 Å². The number of ether oxygens (including phenoxy) is 2. The molecule has 0 bridgehead atoms. The fourth-order valence-corrected chi connectivity index (χ4v) is 2.68. The van der Waals surface area contributed by atoms with Crippen LogP contribution < -0.4 is 4.74 Å². The number of pyridine rings is 1. The van der Waals surface area contributed by atoms with E-state index in [0.29, 0.717) is 28.5 Å². The molecule has 0 aromatic carbocycles. The minimum Gasteiger partial charge on any atom is -0.490 e. The molecule has 7 heteroatoms. The zero-order chi connectivity index (χ0) is 16.3. The molecule has 0 N–H and O–H groups in total. The third kappa shape index (κ3) is 4.74. The molecule has 22 heavy (non-hydrogen) atoms. The molecule has 1 aliphatic rings. The molecule has 0 saturated carbocycles. The second-order valence-corrected chi connectivity index (χ2v) is 7.44. The summed E-state index contributed by atoms with van der Waals surface area (Å²) in [5, 5.41) is 0.392. The Balaban J connectivity index is 1.93. The maximum Gasteiger partial charge on any atom is 0.410 e. The first-order valence-electron chi connectivity index (χ1n) is 7.20. The van der Waals surface area contributed by atoms with Crippen LogP contribution in [0.1, 0.15) is 33.6 Å². The highest BCUT2D eigenvalue weighted by atomic mass is 79.9. The summed E-state index contributed by atoms with van der Waals surface area (Å²) in [6, 6.07) is 1.78. The Morgan fingerprint density at radius 1 is 1.55 bits per heavy atom. The topological polar surface area (TPSA) is 51.7 Å². The predicted octanol–water partition coefficient (Wildman–Crippen LogP) is 4.28. The van der Waals surface area contributed by atoms with E-state index in [1.165, 1.54) is 0 Å². The van der Waals surface area contributed by atoms with Crippen LogP contribution in [0.2, 0.25) is 5.15 Å². The number of halogens is 2. The van der Waals surface area contributed by atoms with Gasteiger partial charge in [0.2, 0.25) is 0 Å². The number of carbonyl (C=O) groups excluding carboxylic acids is 1. The standard InChI is InChI=1S/C15H20BrClN2O3/c1-15(2,3)22-14(20)19-6-4-5-10(19)9-21-11-7-12(16)13(17)18-8-11/h7-8,10H,4-6,9H2,1-3H3/t10-/m1/s1. The molecule has 0 unspecified atom stereocenters. The van der Waals surface area contributed by atoms with Crippen molar-refractivity contribution in [1.29, 1.82) is 0 Å². The number of likely N-dealkylation sites (tertiary alicyclic amines) is 1. The Labute approximate surface area is 144 Å². The van der Waals surface area contributed by atoms with Crippen molar-refractivity contribution in [3.63, 3.8) is 0 Å². The summed E-state index contributed by atoms with van der Waals surface area (Å²) in [5.41, 5.74) is -0.490. The first-order chi connectivity index (χ1) is 10.3. The van der Waals surface area contributed by atoms with E-state index in [1.54, 1.807) is 17.2 Å².